The maximum absolute atomic E-state index is 10.7. The summed E-state index contributed by atoms with van der Waals surface area (Å²) in [6.07, 6.45) is 21.5. The van der Waals surface area contributed by atoms with E-state index in [2.05, 4.69) is 221 Å². The molecule has 0 amide bonds. The van der Waals surface area contributed by atoms with Crippen molar-refractivity contribution in [3.05, 3.63) is 286 Å². The van der Waals surface area contributed by atoms with E-state index in [1.807, 2.05) is 97.1 Å². The van der Waals surface area contributed by atoms with E-state index < -0.39 is 31.2 Å². The van der Waals surface area contributed by atoms with Crippen LogP contribution in [0.25, 0.3) is 110 Å². The van der Waals surface area contributed by atoms with E-state index in [-0.39, 0.29) is 39.0 Å². The Labute approximate surface area is 685 Å². The minimum atomic E-state index is -10.7. The summed E-state index contributed by atoms with van der Waals surface area (Å²) < 4.78 is 241. The van der Waals surface area contributed by atoms with Gasteiger partial charge in [0.15, 0.2) is 0 Å². The molecule has 16 aromatic rings. The van der Waals surface area contributed by atoms with Crippen molar-refractivity contribution in [2.75, 3.05) is 0 Å². The number of fused-ring (bicyclic) bond motifs is 12. The Bertz CT molecular complexity index is 4960. The molecule has 114 heavy (non-hydrogen) atoms. The number of benzene rings is 4. The first-order valence-corrected chi connectivity index (χ1v) is 41.5. The van der Waals surface area contributed by atoms with E-state index in [1.54, 1.807) is 74.4 Å². The third-order valence-corrected chi connectivity index (χ3v) is 14.7. The molecule has 0 spiro atoms. The van der Waals surface area contributed by atoms with Gasteiger partial charge in [-0.1, -0.05) is 97.1 Å². The molecule has 4 aromatic carbocycles. The molecule has 0 aliphatic carbocycles. The molecule has 12 nitrogen and oxygen atoms in total. The molecule has 46 heteroatoms. The van der Waals surface area contributed by atoms with Crippen molar-refractivity contribution in [3.63, 3.8) is 0 Å². The van der Waals surface area contributed by atoms with Crippen molar-refractivity contribution >= 4 is 182 Å². The molecule has 0 fully saturated rings. The van der Waals surface area contributed by atoms with E-state index in [9.17, 15) is 101 Å². The number of hydrogen-bond donors (Lipinski definition) is 0. The molecule has 0 saturated heterocycles. The average molecular weight is 2130 g/mol. The number of nitrogens with zero attached hydrogens (tertiary/aromatic N) is 12. The molecule has 12 heterocycles. The number of halogens is 28. The van der Waals surface area contributed by atoms with Gasteiger partial charge in [-0.3, -0.25) is 59.8 Å². The van der Waals surface area contributed by atoms with Crippen molar-refractivity contribution in [1.82, 2.24) is 59.8 Å². The zero-order valence-corrected chi connectivity index (χ0v) is 69.2. The van der Waals surface area contributed by atoms with Crippen molar-refractivity contribution in [2.24, 2.45) is 0 Å². The zero-order valence-electron chi connectivity index (χ0n) is 55.8. The smallest absolute Gasteiger partial charge is 0.254 e. The maximum atomic E-state index is 9.87. The Kier molecular flexibility index (Phi) is 29.7. The van der Waals surface area contributed by atoms with Crippen LogP contribution in [0.3, 0.4) is 0 Å². The summed E-state index contributed by atoms with van der Waals surface area (Å²) in [5.74, 6) is 0. The summed E-state index contributed by atoms with van der Waals surface area (Å²) in [5.41, 5.74) is 11.3. The predicted molar refractivity (Wildman–Crippen MR) is 408 cm³/mol. The molecule has 0 bridgehead atoms. The Morgan fingerprint density at radius 2 is 0.281 bits per heavy atom. The largest absolute Gasteiger partial charge is 2.00 e. The van der Waals surface area contributed by atoms with Crippen molar-refractivity contribution < 1.29 is 140 Å². The molecular weight excluding hydrogens is 2090 g/mol. The van der Waals surface area contributed by atoms with E-state index in [4.69, 9.17) is 0 Å². The molecule has 0 aliphatic heterocycles. The van der Waals surface area contributed by atoms with Crippen LogP contribution in [0.1, 0.15) is 0 Å². The van der Waals surface area contributed by atoms with Gasteiger partial charge >= 0.3 is 171 Å². The van der Waals surface area contributed by atoms with Gasteiger partial charge < -0.3 is 0 Å². The van der Waals surface area contributed by atoms with Gasteiger partial charge in [-0.15, -0.1) is 0 Å². The Morgan fingerprint density at radius 1 is 0.167 bits per heavy atom. The van der Waals surface area contributed by atoms with Crippen molar-refractivity contribution in [3.8, 4) is 22.8 Å². The zero-order chi connectivity index (χ0) is 83.1. The van der Waals surface area contributed by atoms with Crippen LogP contribution < -0.4 is 0 Å². The van der Waals surface area contributed by atoms with Gasteiger partial charge in [0.1, 0.15) is 0 Å². The summed E-state index contributed by atoms with van der Waals surface area (Å²) >= 11 is 13.4. The van der Waals surface area contributed by atoms with Crippen molar-refractivity contribution in [1.29, 1.82) is 0 Å². The van der Waals surface area contributed by atoms with Gasteiger partial charge in [-0.2, -0.15) is 0 Å². The second kappa shape index (κ2) is 35.0. The first kappa shape index (κ1) is 96.5. The number of rotatable bonds is 2. The molecule has 608 valence electrons. The molecule has 0 radical (unpaired) electrons. The first-order chi connectivity index (χ1) is 51.1. The van der Waals surface area contributed by atoms with Crippen LogP contribution in [0, 0.1) is 0 Å². The third kappa shape index (κ3) is 41.0. The minimum Gasteiger partial charge on any atom is -0.254 e. The standard InChI is InChI=1S/4C12H8N2.2C10H6Br2N2.4F6P.2Ru/c4*1-3-9-5-6-10-4-2-8-14-12(10)11(9)13-7-1;2*11-7-1-3-9(13-5-7)10-4-2-8(12)6-14-10;4*1-7(2,3,4,5)6;;/h4*1-8H;2*1-6H;;;;;;/q;;;;;;4*-1;2*+2. The van der Waals surface area contributed by atoms with E-state index in [0.29, 0.717) is 0 Å². The SMILES string of the molecule is Brc1ccc(-c2ccc(Br)cn2)nc1.Brc1ccc(-c2ccc(Br)cn2)nc1.F[P-](F)(F)(F)(F)F.F[P-](F)(F)(F)(F)F.F[P-](F)(F)(F)(F)F.F[P-](F)(F)(F)(F)F.[Ru+2].[Ru+2].c1cnc2c(c1)ccc1cccnc12.c1cnc2c(c1)ccc1cccnc12.c1cnc2c(c1)ccc1cccnc12.c1cnc2c(c1)ccc1cccnc12. The van der Waals surface area contributed by atoms with Crippen LogP contribution >= 0.6 is 95.0 Å². The summed E-state index contributed by atoms with van der Waals surface area (Å²) in [6, 6.07) is 64.1. The van der Waals surface area contributed by atoms with Crippen LogP contribution in [0.2, 0.25) is 0 Å². The average Bonchev–Trinajstić information content (AvgIpc) is 0.822. The Balaban J connectivity index is 0.000000229. The molecule has 0 atom stereocenters. The minimum absolute atomic E-state index is 0. The van der Waals surface area contributed by atoms with Crippen molar-refractivity contribution in [2.45, 2.75) is 0 Å². The predicted octanol–water partition coefficient (Wildman–Crippen LogP) is 32.0. The molecule has 0 saturated carbocycles. The summed E-state index contributed by atoms with van der Waals surface area (Å²) in [6.45, 7) is 0. The second-order valence-corrected chi connectivity index (χ2v) is 33.5. The fraction of sp³-hybridized carbons (Fsp3) is 0. The van der Waals surface area contributed by atoms with Crippen LogP contribution in [0.15, 0.2) is 286 Å². The summed E-state index contributed by atoms with van der Waals surface area (Å²) in [5, 5.41) is 9.10. The molecule has 12 aromatic heterocycles. The summed E-state index contributed by atoms with van der Waals surface area (Å²) in [4.78, 5) is 51.8. The van der Waals surface area contributed by atoms with Crippen LogP contribution in [-0.2, 0) is 39.0 Å². The second-order valence-electron chi connectivity index (χ2n) is 22.1. The maximum Gasteiger partial charge on any atom is 2.00 e. The number of pyridine rings is 12. The van der Waals surface area contributed by atoms with E-state index in [0.717, 1.165) is 128 Å². The Morgan fingerprint density at radius 3 is 0.377 bits per heavy atom. The van der Waals surface area contributed by atoms with Gasteiger partial charge in [0, 0.05) is 135 Å². The quantitative estimate of drug-likeness (QED) is 0.0700. The fourth-order valence-corrected chi connectivity index (χ4v) is 9.77. The summed E-state index contributed by atoms with van der Waals surface area (Å²) in [7, 11) is -42.6. The number of hydrogen-bond acceptors (Lipinski definition) is 12. The molecule has 0 unspecified atom stereocenters. The van der Waals surface area contributed by atoms with Gasteiger partial charge in [0.05, 0.1) is 66.9 Å². The van der Waals surface area contributed by atoms with E-state index in [1.165, 1.54) is 0 Å². The Hall–Kier alpha value is -8.03. The van der Waals surface area contributed by atoms with Crippen LogP contribution in [0.5, 0.6) is 0 Å². The number of aromatic nitrogens is 12. The van der Waals surface area contributed by atoms with Crippen LogP contribution in [0.4, 0.5) is 101 Å². The van der Waals surface area contributed by atoms with Gasteiger partial charge in [-0.25, -0.2) is 0 Å². The molecule has 0 N–H and O–H groups in total. The monoisotopic (exact) mass is 2130 g/mol. The first-order valence-electron chi connectivity index (χ1n) is 30.2. The van der Waals surface area contributed by atoms with Gasteiger partial charge in [0.2, 0.25) is 0 Å². The third-order valence-electron chi connectivity index (χ3n) is 12.8. The fourth-order valence-electron chi connectivity index (χ4n) is 8.83. The molecular formula is C68H44Br4F24N12P4Ru2. The van der Waals surface area contributed by atoms with Gasteiger partial charge in [0.25, 0.3) is 0 Å². The van der Waals surface area contributed by atoms with Crippen LogP contribution in [-0.4, -0.2) is 59.8 Å². The van der Waals surface area contributed by atoms with Gasteiger partial charge in [-0.05, 0) is 161 Å². The molecule has 0 aliphatic rings. The molecule has 16 rings (SSSR count). The topological polar surface area (TPSA) is 155 Å². The normalized spacial score (nSPS) is 13.5. The van der Waals surface area contributed by atoms with E-state index >= 15 is 0 Å².